The number of hydrogen-bond acceptors (Lipinski definition) is 7. The molecular weight excluding hydrogens is 434 g/mol. The maximum Gasteiger partial charge on any atom is 0.231 e. The molecule has 5 nitrogen and oxygen atoms in total. The van der Waals surface area contributed by atoms with Crippen LogP contribution in [0.2, 0.25) is 0 Å². The minimum Gasteiger partial charge on any atom is -0.592 e. The highest BCUT2D eigenvalue weighted by atomic mass is 32.2. The number of thiophene rings is 1. The molecule has 0 spiro atoms. The van der Waals surface area contributed by atoms with Crippen molar-refractivity contribution >= 4 is 34.5 Å². The predicted molar refractivity (Wildman–Crippen MR) is 130 cm³/mol. The number of hydrogen-bond donors (Lipinski definition) is 2. The summed E-state index contributed by atoms with van der Waals surface area (Å²) in [6.07, 6.45) is 12.1. The molecule has 0 radical (unpaired) electrons. The Bertz CT molecular complexity index is 823. The van der Waals surface area contributed by atoms with E-state index in [9.17, 15) is 4.55 Å². The minimum atomic E-state index is -1.23. The number of ether oxygens (including phenoxy) is 1. The molecule has 3 heterocycles. The molecule has 1 aromatic heterocycles. The molecule has 8 heteroatoms. The lowest BCUT2D eigenvalue weighted by Gasteiger charge is -2.29. The minimum absolute atomic E-state index is 0.556. The summed E-state index contributed by atoms with van der Waals surface area (Å²) in [5.74, 6) is 0.556. The molecule has 30 heavy (non-hydrogen) atoms. The van der Waals surface area contributed by atoms with E-state index in [0.717, 1.165) is 43.2 Å². The average molecular weight is 464 g/mol. The fourth-order valence-corrected chi connectivity index (χ4v) is 5.74. The Labute approximate surface area is 191 Å². The summed E-state index contributed by atoms with van der Waals surface area (Å²) in [5, 5.41) is 6.15. The first kappa shape index (κ1) is 23.2. The summed E-state index contributed by atoms with van der Waals surface area (Å²) < 4.78 is 22.1. The molecule has 1 unspecified atom stereocenters. The summed E-state index contributed by atoms with van der Waals surface area (Å²) in [5.41, 5.74) is 1.24. The zero-order chi connectivity index (χ0) is 21.2. The molecular formula is C22H29N3O2S3. The Morgan fingerprint density at radius 3 is 3.00 bits per heavy atom. The molecule has 3 rings (SSSR count). The number of nitrogens with zero attached hydrogens (tertiary/aromatic N) is 1. The van der Waals surface area contributed by atoms with Gasteiger partial charge in [0.1, 0.15) is 5.76 Å². The van der Waals surface area contributed by atoms with Gasteiger partial charge in [0.15, 0.2) is 5.06 Å². The highest BCUT2D eigenvalue weighted by Crippen LogP contribution is 2.30. The van der Waals surface area contributed by atoms with Crippen molar-refractivity contribution in [1.82, 2.24) is 14.9 Å². The standard InChI is InChI=1S/C22H29N3O2S3/c1-18(25-15-13-23-14-16-25)6-5-7-19(2)27-21-9-10-22(29-21)30(26)24-12-11-20-8-3-4-17-28-20/h4-10,17,23-24H,2-3,11-16H2,1H3/b7-5-,18-6+. The maximum absolute atomic E-state index is 12.4. The van der Waals surface area contributed by atoms with Crippen molar-refractivity contribution in [2.75, 3.05) is 32.7 Å². The zero-order valence-electron chi connectivity index (χ0n) is 17.3. The summed E-state index contributed by atoms with van der Waals surface area (Å²) >= 11 is 1.88. The Balaban J connectivity index is 1.41. The molecule has 1 atom stereocenters. The monoisotopic (exact) mass is 463 g/mol. The van der Waals surface area contributed by atoms with Crippen LogP contribution in [0.25, 0.3) is 0 Å². The third kappa shape index (κ3) is 7.68. The second-order valence-electron chi connectivity index (χ2n) is 6.85. The third-order valence-electron chi connectivity index (χ3n) is 4.61. The van der Waals surface area contributed by atoms with E-state index in [1.807, 2.05) is 24.3 Å². The van der Waals surface area contributed by atoms with Crippen molar-refractivity contribution in [3.05, 3.63) is 70.9 Å². The van der Waals surface area contributed by atoms with Crippen molar-refractivity contribution < 1.29 is 9.29 Å². The Morgan fingerprint density at radius 2 is 2.23 bits per heavy atom. The molecule has 1 saturated heterocycles. The predicted octanol–water partition coefficient (Wildman–Crippen LogP) is 4.54. The SMILES string of the molecule is C=C(/C=C\C=C(/C)N1CCNCC1)Oc1ccc([S+]([O-])NCCC2=CCC=CS2)s1. The van der Waals surface area contributed by atoms with E-state index in [-0.39, 0.29) is 0 Å². The van der Waals surface area contributed by atoms with Crippen LogP contribution in [0.15, 0.2) is 75.1 Å². The van der Waals surface area contributed by atoms with Crippen molar-refractivity contribution in [1.29, 1.82) is 0 Å². The lowest BCUT2D eigenvalue weighted by molar-refractivity contribution is 0.300. The van der Waals surface area contributed by atoms with Crippen LogP contribution in [-0.4, -0.2) is 42.2 Å². The molecule has 0 aromatic carbocycles. The van der Waals surface area contributed by atoms with Gasteiger partial charge >= 0.3 is 0 Å². The first-order valence-electron chi connectivity index (χ1n) is 10.0. The Hall–Kier alpha value is -1.42. The second-order valence-corrected chi connectivity index (χ2v) is 10.5. The van der Waals surface area contributed by atoms with E-state index in [1.54, 1.807) is 11.8 Å². The molecule has 2 aliphatic rings. The number of allylic oxidation sites excluding steroid dienone is 6. The van der Waals surface area contributed by atoms with Crippen LogP contribution in [0.1, 0.15) is 19.8 Å². The van der Waals surface area contributed by atoms with Gasteiger partial charge in [-0.2, -0.15) is 0 Å². The van der Waals surface area contributed by atoms with Gasteiger partial charge in [-0.3, -0.25) is 0 Å². The maximum atomic E-state index is 12.4. The van der Waals surface area contributed by atoms with Crippen LogP contribution in [0.3, 0.4) is 0 Å². The quantitative estimate of drug-likeness (QED) is 0.302. The molecule has 2 aliphatic heterocycles. The van der Waals surface area contributed by atoms with Gasteiger partial charge in [0.2, 0.25) is 4.21 Å². The second kappa shape index (κ2) is 12.4. The van der Waals surface area contributed by atoms with Crippen molar-refractivity contribution in [3.63, 3.8) is 0 Å². The van der Waals surface area contributed by atoms with Gasteiger partial charge in [-0.05, 0) is 59.6 Å². The first-order chi connectivity index (χ1) is 14.6. The van der Waals surface area contributed by atoms with Crippen molar-refractivity contribution in [2.45, 2.75) is 24.0 Å². The number of piperazine rings is 1. The molecule has 162 valence electrons. The molecule has 1 fully saturated rings. The van der Waals surface area contributed by atoms with Crippen molar-refractivity contribution in [3.8, 4) is 5.06 Å². The smallest absolute Gasteiger partial charge is 0.231 e. The van der Waals surface area contributed by atoms with E-state index >= 15 is 0 Å². The first-order valence-corrected chi connectivity index (χ1v) is 12.9. The van der Waals surface area contributed by atoms with Gasteiger partial charge in [-0.15, -0.1) is 16.5 Å². The van der Waals surface area contributed by atoms with Gasteiger partial charge < -0.3 is 19.5 Å². The van der Waals surface area contributed by atoms with E-state index in [2.05, 4.69) is 52.1 Å². The molecule has 0 bridgehead atoms. The van der Waals surface area contributed by atoms with E-state index in [1.165, 1.54) is 21.9 Å². The Morgan fingerprint density at radius 1 is 1.40 bits per heavy atom. The number of nitrogens with one attached hydrogen (secondary N) is 2. The summed E-state index contributed by atoms with van der Waals surface area (Å²) in [7, 11) is 0. The van der Waals surface area contributed by atoms with E-state index in [0.29, 0.717) is 17.4 Å². The normalized spacial score (nSPS) is 18.5. The van der Waals surface area contributed by atoms with Gasteiger partial charge in [0.25, 0.3) is 0 Å². The van der Waals surface area contributed by atoms with E-state index in [4.69, 9.17) is 4.74 Å². The third-order valence-corrected chi connectivity index (χ3v) is 8.04. The van der Waals surface area contributed by atoms with Crippen LogP contribution >= 0.6 is 23.1 Å². The highest BCUT2D eigenvalue weighted by Gasteiger charge is 2.15. The summed E-state index contributed by atoms with van der Waals surface area (Å²) in [6, 6.07) is 3.68. The van der Waals surface area contributed by atoms with Crippen LogP contribution in [0, 0.1) is 0 Å². The van der Waals surface area contributed by atoms with Gasteiger partial charge in [0, 0.05) is 44.5 Å². The number of thioether (sulfide) groups is 1. The lowest BCUT2D eigenvalue weighted by Crippen LogP contribution is -2.42. The largest absolute Gasteiger partial charge is 0.592 e. The van der Waals surface area contributed by atoms with E-state index < -0.39 is 11.4 Å². The number of rotatable bonds is 10. The molecule has 2 N–H and O–H groups in total. The van der Waals surface area contributed by atoms with Crippen LogP contribution in [0.5, 0.6) is 5.06 Å². The summed E-state index contributed by atoms with van der Waals surface area (Å²) in [6.45, 7) is 10.9. The molecule has 1 aromatic rings. The molecule has 0 aliphatic carbocycles. The topological polar surface area (TPSA) is 59.6 Å². The van der Waals surface area contributed by atoms with Crippen LogP contribution in [0.4, 0.5) is 0 Å². The van der Waals surface area contributed by atoms with Gasteiger partial charge in [0.05, 0.1) is 11.4 Å². The average Bonchev–Trinajstić information content (AvgIpc) is 3.23. The van der Waals surface area contributed by atoms with Gasteiger partial charge in [-0.1, -0.05) is 24.8 Å². The fraction of sp³-hybridized carbons (Fsp3) is 0.364. The molecule has 0 saturated carbocycles. The fourth-order valence-electron chi connectivity index (χ4n) is 2.98. The molecule has 0 amide bonds. The lowest BCUT2D eigenvalue weighted by atomic mass is 10.3. The van der Waals surface area contributed by atoms with Gasteiger partial charge in [-0.25, -0.2) is 0 Å². The van der Waals surface area contributed by atoms with Crippen LogP contribution < -0.4 is 14.8 Å². The summed E-state index contributed by atoms with van der Waals surface area (Å²) in [4.78, 5) is 3.68. The van der Waals surface area contributed by atoms with Crippen molar-refractivity contribution in [2.24, 2.45) is 0 Å². The highest BCUT2D eigenvalue weighted by molar-refractivity contribution is 8.05. The van der Waals surface area contributed by atoms with Crippen LogP contribution in [-0.2, 0) is 11.4 Å². The zero-order valence-corrected chi connectivity index (χ0v) is 19.7. The Kier molecular flexibility index (Phi) is 9.64.